The Morgan fingerprint density at radius 3 is 0.267 bits per heavy atom. The first-order chi connectivity index (χ1) is 7.00. The summed E-state index contributed by atoms with van der Waals surface area (Å²) in [6.45, 7) is 22.8. The molecule has 0 fully saturated rings. The van der Waals surface area contributed by atoms with E-state index in [0.29, 0.717) is 0 Å². The first-order valence-electron chi connectivity index (χ1n) is 1.65. The van der Waals surface area contributed by atoms with Crippen molar-refractivity contribution in [2.45, 2.75) is 0 Å². The average molecular weight is 254 g/mol. The van der Waals surface area contributed by atoms with Gasteiger partial charge in [-0.3, -0.25) is 47.5 Å². The molecule has 0 rings (SSSR count). The Hall–Kier alpha value is -1.73. The van der Waals surface area contributed by atoms with Crippen molar-refractivity contribution in [3.05, 3.63) is 0 Å². The van der Waals surface area contributed by atoms with E-state index in [-0.39, 0.29) is 18.6 Å². The molecule has 0 saturated carbocycles. The average Bonchev–Trinajstić information content (AvgIpc) is 2.45. The van der Waals surface area contributed by atoms with Gasteiger partial charge >= 0.3 is 0 Å². The van der Waals surface area contributed by atoms with Crippen LogP contribution in [0.4, 0.5) is 0 Å². The van der Waals surface area contributed by atoms with Crippen LogP contribution < -0.4 is 0 Å². The van der Waals surface area contributed by atoms with Crippen molar-refractivity contribution in [2.75, 3.05) is 0 Å². The van der Waals surface area contributed by atoms with Crippen molar-refractivity contribution in [3.8, 4) is 0 Å². The van der Waals surface area contributed by atoms with Gasteiger partial charge in [0.25, 0.3) is 0 Å². The zero-order valence-corrected chi connectivity index (χ0v) is 8.74. The zero-order valence-electron chi connectivity index (χ0n) is 7.35. The summed E-state index contributed by atoms with van der Waals surface area (Å²) in [5.41, 5.74) is 0. The van der Waals surface area contributed by atoms with Crippen LogP contribution in [-0.4, -0.2) is 47.5 Å². The number of hydrogen-bond donors (Lipinski definition) is 0. The van der Waals surface area contributed by atoms with Gasteiger partial charge in [-0.15, -0.1) is 0 Å². The van der Waals surface area contributed by atoms with Gasteiger partial charge in [-0.1, -0.05) is 0 Å². The minimum atomic E-state index is 0. The molecule has 0 aliphatic heterocycles. The molecule has 0 unspecified atom stereocenters. The molecular weight excluding hydrogens is 247 g/mol. The second kappa shape index (κ2) is 524. The first kappa shape index (κ1) is 71.9. The molecule has 0 aromatic carbocycles. The molecular formula is C7H7O7V-7. The molecule has 89 valence electrons. The van der Waals surface area contributed by atoms with Crippen LogP contribution in [0.15, 0.2) is 0 Å². The zero-order chi connectivity index (χ0) is 14.0. The van der Waals surface area contributed by atoms with Gasteiger partial charge < -0.3 is 33.6 Å². The molecule has 0 aliphatic carbocycles. The van der Waals surface area contributed by atoms with E-state index in [1.54, 1.807) is 0 Å². The van der Waals surface area contributed by atoms with E-state index in [2.05, 4.69) is 47.5 Å². The SMILES string of the molecule is [CH-]=O.[CH-]=O.[CH-]=O.[CH-]=O.[CH-]=O.[CH-]=O.[CH-]=O.[V]. The summed E-state index contributed by atoms with van der Waals surface area (Å²) >= 11 is 0. The summed E-state index contributed by atoms with van der Waals surface area (Å²) in [4.78, 5) is 54.2. The molecule has 0 saturated heterocycles. The second-order valence-electron chi connectivity index (χ2n) is 0. The molecule has 0 heterocycles. The third-order valence-corrected chi connectivity index (χ3v) is 0. The third-order valence-electron chi connectivity index (χ3n) is 0. The molecule has 15 heavy (non-hydrogen) atoms. The summed E-state index contributed by atoms with van der Waals surface area (Å²) in [6.07, 6.45) is 0. The summed E-state index contributed by atoms with van der Waals surface area (Å²) in [5, 5.41) is 0. The number of hydrogen-bond acceptors (Lipinski definition) is 7. The van der Waals surface area contributed by atoms with Crippen molar-refractivity contribution in [3.63, 3.8) is 0 Å². The van der Waals surface area contributed by atoms with Crippen molar-refractivity contribution in [2.24, 2.45) is 0 Å². The molecule has 0 aromatic heterocycles. The quantitative estimate of drug-likeness (QED) is 0.365. The van der Waals surface area contributed by atoms with Gasteiger partial charge in [-0.25, -0.2) is 0 Å². The molecule has 7 nitrogen and oxygen atoms in total. The summed E-state index contributed by atoms with van der Waals surface area (Å²) < 4.78 is 0. The first-order valence-corrected chi connectivity index (χ1v) is 1.65. The van der Waals surface area contributed by atoms with Gasteiger partial charge in [0.15, 0.2) is 0 Å². The number of carbonyl (C=O) groups excluding carboxylic acids is 7. The largest absolute Gasteiger partial charge is 0.545 e. The van der Waals surface area contributed by atoms with Gasteiger partial charge in [-0.05, 0) is 0 Å². The van der Waals surface area contributed by atoms with E-state index < -0.39 is 0 Å². The topological polar surface area (TPSA) is 119 Å². The van der Waals surface area contributed by atoms with E-state index in [0.717, 1.165) is 0 Å². The Morgan fingerprint density at radius 1 is 0.267 bits per heavy atom. The van der Waals surface area contributed by atoms with Crippen LogP contribution >= 0.6 is 0 Å². The van der Waals surface area contributed by atoms with E-state index in [4.69, 9.17) is 33.6 Å². The van der Waals surface area contributed by atoms with Crippen LogP contribution in [0.5, 0.6) is 0 Å². The van der Waals surface area contributed by atoms with Crippen LogP contribution in [-0.2, 0) is 52.1 Å². The van der Waals surface area contributed by atoms with Crippen LogP contribution in [0.2, 0.25) is 0 Å². The van der Waals surface area contributed by atoms with Crippen LogP contribution in [0, 0.1) is 0 Å². The van der Waals surface area contributed by atoms with Gasteiger partial charge in [0.2, 0.25) is 0 Å². The minimum Gasteiger partial charge on any atom is -0.545 e. The van der Waals surface area contributed by atoms with E-state index in [9.17, 15) is 0 Å². The molecule has 1 radical (unpaired) electrons. The molecule has 8 heteroatoms. The molecule has 0 spiro atoms. The molecule has 0 amide bonds. The Morgan fingerprint density at radius 2 is 0.267 bits per heavy atom. The van der Waals surface area contributed by atoms with Crippen LogP contribution in [0.25, 0.3) is 0 Å². The number of rotatable bonds is 0. The van der Waals surface area contributed by atoms with E-state index >= 15 is 0 Å². The van der Waals surface area contributed by atoms with E-state index in [1.807, 2.05) is 0 Å². The molecule has 0 N–H and O–H groups in total. The standard InChI is InChI=1S/7CHO.V/c7*1-2;/h7*1H;/q7*-1;. The Balaban J connectivity index is -0.00000000628. The molecule has 0 aromatic rings. The summed E-state index contributed by atoms with van der Waals surface area (Å²) in [6, 6.07) is 0. The van der Waals surface area contributed by atoms with Gasteiger partial charge in [-0.2, -0.15) is 0 Å². The normalized spacial score (nSPS) is 1.87. The fourth-order valence-electron chi connectivity index (χ4n) is 0. The monoisotopic (exact) mass is 254 g/mol. The second-order valence-corrected chi connectivity index (χ2v) is 0. The molecule has 0 bridgehead atoms. The van der Waals surface area contributed by atoms with Crippen molar-refractivity contribution >= 4 is 47.5 Å². The Labute approximate surface area is 100 Å². The van der Waals surface area contributed by atoms with E-state index in [1.165, 1.54) is 0 Å². The fraction of sp³-hybridized carbons (Fsp3) is 0. The fourth-order valence-corrected chi connectivity index (χ4v) is 0. The maximum atomic E-state index is 7.75. The van der Waals surface area contributed by atoms with Gasteiger partial charge in [0.05, 0.1) is 0 Å². The molecule has 0 atom stereocenters. The van der Waals surface area contributed by atoms with Crippen molar-refractivity contribution in [1.29, 1.82) is 0 Å². The van der Waals surface area contributed by atoms with Gasteiger partial charge in [0, 0.05) is 18.6 Å². The van der Waals surface area contributed by atoms with Crippen molar-refractivity contribution < 1.29 is 52.1 Å². The Bertz CT molecular complexity index is 39.0. The van der Waals surface area contributed by atoms with Gasteiger partial charge in [0.1, 0.15) is 0 Å². The summed E-state index contributed by atoms with van der Waals surface area (Å²) in [7, 11) is 0. The third kappa shape index (κ3) is 435. The summed E-state index contributed by atoms with van der Waals surface area (Å²) in [5.74, 6) is 0. The predicted octanol–water partition coefficient (Wildman–Crippen LogP) is -1.92. The maximum absolute atomic E-state index is 7.75. The maximum Gasteiger partial charge on any atom is 0 e. The van der Waals surface area contributed by atoms with Crippen LogP contribution in [0.3, 0.4) is 0 Å². The van der Waals surface area contributed by atoms with Crippen molar-refractivity contribution in [1.82, 2.24) is 0 Å². The van der Waals surface area contributed by atoms with Crippen LogP contribution in [0.1, 0.15) is 0 Å². The smallest absolute Gasteiger partial charge is 0 e. The molecule has 0 aliphatic rings. The minimum absolute atomic E-state index is 0. The predicted molar refractivity (Wildman–Crippen MR) is 47.3 cm³/mol. The Kier molecular flexibility index (Phi) is 2510.